The highest BCUT2D eigenvalue weighted by atomic mass is 16.3. The second-order valence-electron chi connectivity index (χ2n) is 12.0. The van der Waals surface area contributed by atoms with E-state index in [0.29, 0.717) is 17.5 Å². The van der Waals surface area contributed by atoms with Crippen LogP contribution in [0.1, 0.15) is 0 Å². The molecule has 0 saturated heterocycles. The maximum absolute atomic E-state index is 6.52. The molecule has 0 aliphatic rings. The molecule has 0 aliphatic heterocycles. The van der Waals surface area contributed by atoms with Crippen molar-refractivity contribution in [2.45, 2.75) is 0 Å². The summed E-state index contributed by atoms with van der Waals surface area (Å²) in [6.07, 6.45) is 0. The lowest BCUT2D eigenvalue weighted by Crippen LogP contribution is -2.00. The summed E-state index contributed by atoms with van der Waals surface area (Å²) in [5.41, 5.74) is 8.06. The van der Waals surface area contributed by atoms with Crippen molar-refractivity contribution in [1.29, 1.82) is 0 Å². The SMILES string of the molecule is c1ccc(-c2nc(-c3ccc4c(c3)oc3c5ccccc5ccc43)nc(-c3cc(-c4ccccc4)c4c(c3)oc3ccccc34)n2)cc1. The molecule has 48 heavy (non-hydrogen) atoms. The lowest BCUT2D eigenvalue weighted by Gasteiger charge is -2.11. The maximum Gasteiger partial charge on any atom is 0.164 e. The third kappa shape index (κ3) is 4.22. The Hall–Kier alpha value is -6.59. The fraction of sp³-hybridized carbons (Fsp3) is 0. The van der Waals surface area contributed by atoms with Gasteiger partial charge in [0.25, 0.3) is 0 Å². The Balaban J connectivity index is 1.20. The second-order valence-corrected chi connectivity index (χ2v) is 12.0. The monoisotopic (exact) mass is 615 g/mol. The van der Waals surface area contributed by atoms with Gasteiger partial charge in [-0.3, -0.25) is 0 Å². The Bertz CT molecular complexity index is 2840. The molecule has 0 saturated carbocycles. The minimum Gasteiger partial charge on any atom is -0.456 e. The van der Waals surface area contributed by atoms with Gasteiger partial charge in [-0.05, 0) is 52.9 Å². The summed E-state index contributed by atoms with van der Waals surface area (Å²) in [5, 5.41) is 6.53. The van der Waals surface area contributed by atoms with Crippen molar-refractivity contribution >= 4 is 54.6 Å². The maximum atomic E-state index is 6.52. The molecule has 0 aliphatic carbocycles. The molecular weight excluding hydrogens is 590 g/mol. The Morgan fingerprint density at radius 1 is 0.354 bits per heavy atom. The van der Waals surface area contributed by atoms with Gasteiger partial charge in [-0.1, -0.05) is 115 Å². The van der Waals surface area contributed by atoms with Crippen LogP contribution in [-0.2, 0) is 0 Å². The van der Waals surface area contributed by atoms with Crippen LogP contribution in [0.5, 0.6) is 0 Å². The quantitative estimate of drug-likeness (QED) is 0.197. The summed E-state index contributed by atoms with van der Waals surface area (Å²) in [5.74, 6) is 1.73. The van der Waals surface area contributed by atoms with Crippen molar-refractivity contribution in [3.8, 4) is 45.3 Å². The molecule has 7 aromatic carbocycles. The molecule has 10 aromatic rings. The standard InChI is InChI=1S/C43H25N3O2/c1-3-11-26(12-4-1)35-23-30(25-38-39(35)34-17-9-10-18-36(34)47-38)43-45-41(28-14-5-2-6-15-28)44-42(46-43)29-20-21-32-33-22-19-27-13-7-8-16-31(27)40(33)48-37(32)24-29/h1-25H. The molecule has 0 spiro atoms. The third-order valence-corrected chi connectivity index (χ3v) is 9.11. The number of aromatic nitrogens is 3. The molecule has 3 aromatic heterocycles. The Labute approximate surface area is 274 Å². The summed E-state index contributed by atoms with van der Waals surface area (Å²) < 4.78 is 12.9. The van der Waals surface area contributed by atoms with Gasteiger partial charge in [0.2, 0.25) is 0 Å². The van der Waals surface area contributed by atoms with Gasteiger partial charge < -0.3 is 8.83 Å². The topological polar surface area (TPSA) is 65.0 Å². The van der Waals surface area contributed by atoms with Crippen LogP contribution in [0.25, 0.3) is 99.9 Å². The lowest BCUT2D eigenvalue weighted by molar-refractivity contribution is 0.669. The highest BCUT2D eigenvalue weighted by molar-refractivity contribution is 6.16. The van der Waals surface area contributed by atoms with E-state index in [4.69, 9.17) is 23.8 Å². The molecule has 0 N–H and O–H groups in total. The van der Waals surface area contributed by atoms with E-state index in [1.807, 2.05) is 78.9 Å². The molecule has 0 unspecified atom stereocenters. The molecule has 5 heteroatoms. The number of furan rings is 2. The van der Waals surface area contributed by atoms with E-state index in [1.54, 1.807) is 0 Å². The van der Waals surface area contributed by atoms with Gasteiger partial charge in [-0.2, -0.15) is 0 Å². The van der Waals surface area contributed by atoms with E-state index >= 15 is 0 Å². The van der Waals surface area contributed by atoms with Crippen molar-refractivity contribution in [2.24, 2.45) is 0 Å². The van der Waals surface area contributed by atoms with Crippen LogP contribution in [0.4, 0.5) is 0 Å². The average molecular weight is 616 g/mol. The normalized spacial score (nSPS) is 11.8. The van der Waals surface area contributed by atoms with Crippen molar-refractivity contribution in [1.82, 2.24) is 15.0 Å². The number of nitrogens with zero attached hydrogens (tertiary/aromatic N) is 3. The lowest BCUT2D eigenvalue weighted by atomic mass is 9.97. The number of benzene rings is 7. The zero-order valence-electron chi connectivity index (χ0n) is 25.6. The number of para-hydroxylation sites is 1. The molecule has 3 heterocycles. The van der Waals surface area contributed by atoms with Crippen LogP contribution >= 0.6 is 0 Å². The van der Waals surface area contributed by atoms with Gasteiger partial charge >= 0.3 is 0 Å². The van der Waals surface area contributed by atoms with E-state index in [0.717, 1.165) is 82.5 Å². The zero-order valence-corrected chi connectivity index (χ0v) is 25.6. The fourth-order valence-electron chi connectivity index (χ4n) is 6.82. The number of fused-ring (bicyclic) bond motifs is 8. The second kappa shape index (κ2) is 10.5. The minimum absolute atomic E-state index is 0.564. The largest absolute Gasteiger partial charge is 0.456 e. The van der Waals surface area contributed by atoms with Crippen molar-refractivity contribution < 1.29 is 8.83 Å². The van der Waals surface area contributed by atoms with Crippen molar-refractivity contribution in [2.75, 3.05) is 0 Å². The van der Waals surface area contributed by atoms with Gasteiger partial charge in [0.15, 0.2) is 17.5 Å². The summed E-state index contributed by atoms with van der Waals surface area (Å²) in [4.78, 5) is 15.1. The predicted molar refractivity (Wildman–Crippen MR) is 194 cm³/mol. The first-order valence-electron chi connectivity index (χ1n) is 15.9. The summed E-state index contributed by atoms with van der Waals surface area (Å²) in [7, 11) is 0. The van der Waals surface area contributed by atoms with Crippen molar-refractivity contribution in [3.63, 3.8) is 0 Å². The molecule has 5 nitrogen and oxygen atoms in total. The highest BCUT2D eigenvalue weighted by Gasteiger charge is 2.19. The molecule has 0 bridgehead atoms. The molecule has 224 valence electrons. The zero-order chi connectivity index (χ0) is 31.6. The third-order valence-electron chi connectivity index (χ3n) is 9.11. The van der Waals surface area contributed by atoms with Gasteiger partial charge in [0, 0.05) is 43.6 Å². The Morgan fingerprint density at radius 2 is 0.979 bits per heavy atom. The minimum atomic E-state index is 0.564. The number of hydrogen-bond donors (Lipinski definition) is 0. The van der Waals surface area contributed by atoms with Crippen LogP contribution in [-0.4, -0.2) is 15.0 Å². The van der Waals surface area contributed by atoms with Gasteiger partial charge in [0.05, 0.1) is 0 Å². The van der Waals surface area contributed by atoms with E-state index in [-0.39, 0.29) is 0 Å². The van der Waals surface area contributed by atoms with E-state index in [9.17, 15) is 0 Å². The first-order valence-corrected chi connectivity index (χ1v) is 15.9. The fourth-order valence-corrected chi connectivity index (χ4v) is 6.82. The smallest absolute Gasteiger partial charge is 0.164 e. The van der Waals surface area contributed by atoms with Gasteiger partial charge in [-0.15, -0.1) is 0 Å². The predicted octanol–water partition coefficient (Wildman–Crippen LogP) is 11.5. The van der Waals surface area contributed by atoms with Crippen LogP contribution in [0.3, 0.4) is 0 Å². The summed E-state index contributed by atoms with van der Waals surface area (Å²) in [6, 6.07) is 51.6. The molecule has 0 atom stereocenters. The summed E-state index contributed by atoms with van der Waals surface area (Å²) >= 11 is 0. The number of rotatable bonds is 4. The molecule has 10 rings (SSSR count). The molecule has 0 fully saturated rings. The number of hydrogen-bond acceptors (Lipinski definition) is 5. The molecule has 0 radical (unpaired) electrons. The van der Waals surface area contributed by atoms with Crippen LogP contribution in [0.2, 0.25) is 0 Å². The van der Waals surface area contributed by atoms with E-state index in [2.05, 4.69) is 72.8 Å². The molecular formula is C43H25N3O2. The van der Waals surface area contributed by atoms with Crippen LogP contribution < -0.4 is 0 Å². The average Bonchev–Trinajstić information content (AvgIpc) is 3.73. The highest BCUT2D eigenvalue weighted by Crippen LogP contribution is 2.40. The first-order chi connectivity index (χ1) is 23.8. The molecule has 0 amide bonds. The van der Waals surface area contributed by atoms with E-state index < -0.39 is 0 Å². The first kappa shape index (κ1) is 26.6. The van der Waals surface area contributed by atoms with E-state index in [1.165, 1.54) is 0 Å². The Morgan fingerprint density at radius 3 is 1.79 bits per heavy atom. The van der Waals surface area contributed by atoms with Gasteiger partial charge in [0.1, 0.15) is 22.3 Å². The van der Waals surface area contributed by atoms with Gasteiger partial charge in [-0.25, -0.2) is 15.0 Å². The summed E-state index contributed by atoms with van der Waals surface area (Å²) in [6.45, 7) is 0. The van der Waals surface area contributed by atoms with Crippen LogP contribution in [0, 0.1) is 0 Å². The van der Waals surface area contributed by atoms with Crippen molar-refractivity contribution in [3.05, 3.63) is 152 Å². The van der Waals surface area contributed by atoms with Crippen LogP contribution in [0.15, 0.2) is 160 Å². The Kier molecular flexibility index (Phi) is 5.81.